The van der Waals surface area contributed by atoms with Crippen LogP contribution in [0.3, 0.4) is 0 Å². The predicted molar refractivity (Wildman–Crippen MR) is 61.7 cm³/mol. The number of guanidine groups is 1. The molecule has 3 rings (SSSR count). The van der Waals surface area contributed by atoms with Gasteiger partial charge in [-0.2, -0.15) is 0 Å². The van der Waals surface area contributed by atoms with Crippen molar-refractivity contribution in [1.82, 2.24) is 0 Å². The molecule has 0 bridgehead atoms. The summed E-state index contributed by atoms with van der Waals surface area (Å²) in [6.45, 7) is 1.95. The fraction of sp³-hybridized carbons (Fsp3) is 0.300. The van der Waals surface area contributed by atoms with Gasteiger partial charge >= 0.3 is 0 Å². The molecule has 2 aliphatic heterocycles. The minimum atomic E-state index is 0. The highest BCUT2D eigenvalue weighted by Crippen LogP contribution is 2.36. The van der Waals surface area contributed by atoms with Crippen molar-refractivity contribution in [3.05, 3.63) is 24.3 Å². The normalized spacial score (nSPS) is 17.4. The highest BCUT2D eigenvalue weighted by Gasteiger charge is 2.32. The van der Waals surface area contributed by atoms with Crippen LogP contribution in [0.2, 0.25) is 0 Å². The molecule has 2 heterocycles. The Morgan fingerprint density at radius 1 is 1.21 bits per heavy atom. The third-order valence-corrected chi connectivity index (χ3v) is 2.65. The maximum atomic E-state index is 4.46. The molecule has 0 saturated heterocycles. The van der Waals surface area contributed by atoms with Crippen LogP contribution in [-0.2, 0) is 0 Å². The number of hydrogen-bond donors (Lipinski definition) is 0. The van der Waals surface area contributed by atoms with E-state index >= 15 is 0 Å². The van der Waals surface area contributed by atoms with Crippen LogP contribution in [0, 0.1) is 0 Å². The van der Waals surface area contributed by atoms with E-state index in [0.717, 1.165) is 19.0 Å². The van der Waals surface area contributed by atoms with Crippen molar-refractivity contribution in [1.29, 1.82) is 0 Å². The van der Waals surface area contributed by atoms with Crippen LogP contribution in [0.5, 0.6) is 0 Å². The Morgan fingerprint density at radius 2 is 1.93 bits per heavy atom. The van der Waals surface area contributed by atoms with E-state index < -0.39 is 0 Å². The summed E-state index contributed by atoms with van der Waals surface area (Å²) in [5, 5.41) is 0. The molecule has 0 aliphatic carbocycles. The van der Waals surface area contributed by atoms with Crippen LogP contribution in [0.4, 0.5) is 11.4 Å². The predicted octanol–water partition coefficient (Wildman–Crippen LogP) is 1.73. The zero-order valence-corrected chi connectivity index (χ0v) is 8.79. The molecule has 0 aromatic heterocycles. The Labute approximate surface area is 89.4 Å². The van der Waals surface area contributed by atoms with Gasteiger partial charge in [-0.1, -0.05) is 12.1 Å². The fourth-order valence-corrected chi connectivity index (χ4v) is 2.03. The maximum absolute atomic E-state index is 4.46. The highest BCUT2D eigenvalue weighted by atomic mass is 35.5. The number of halogens is 1. The molecule has 0 unspecified atom stereocenters. The fourth-order valence-electron chi connectivity index (χ4n) is 2.03. The van der Waals surface area contributed by atoms with Gasteiger partial charge in [0, 0.05) is 13.6 Å². The van der Waals surface area contributed by atoms with E-state index in [9.17, 15) is 0 Å². The standard InChI is InChI=1S/C10H11N3.ClH/c1-12-8-4-2-3-5-9(8)13-7-6-11-10(12)13;/h2-5H,6-7H2,1H3;1H. The molecule has 0 radical (unpaired) electrons. The summed E-state index contributed by atoms with van der Waals surface area (Å²) in [7, 11) is 2.07. The minimum absolute atomic E-state index is 0. The van der Waals surface area contributed by atoms with Crippen molar-refractivity contribution in [2.45, 2.75) is 0 Å². The summed E-state index contributed by atoms with van der Waals surface area (Å²) in [6, 6.07) is 8.43. The van der Waals surface area contributed by atoms with Crippen molar-refractivity contribution in [3.63, 3.8) is 0 Å². The molecule has 74 valence electrons. The summed E-state index contributed by atoms with van der Waals surface area (Å²) < 4.78 is 0. The summed E-state index contributed by atoms with van der Waals surface area (Å²) in [6.07, 6.45) is 0. The molecule has 1 aromatic carbocycles. The molecule has 0 atom stereocenters. The average molecular weight is 210 g/mol. The molecule has 0 amide bonds. The lowest BCUT2D eigenvalue weighted by Crippen LogP contribution is -2.32. The number of para-hydroxylation sites is 2. The van der Waals surface area contributed by atoms with E-state index in [2.05, 4.69) is 46.1 Å². The lowest BCUT2D eigenvalue weighted by atomic mass is 10.2. The molecule has 0 fully saturated rings. The van der Waals surface area contributed by atoms with Crippen LogP contribution >= 0.6 is 12.4 Å². The van der Waals surface area contributed by atoms with Crippen LogP contribution in [0.25, 0.3) is 0 Å². The Morgan fingerprint density at radius 3 is 2.71 bits per heavy atom. The molecule has 4 heteroatoms. The maximum Gasteiger partial charge on any atom is 0.205 e. The van der Waals surface area contributed by atoms with Gasteiger partial charge in [-0.05, 0) is 12.1 Å². The molecule has 14 heavy (non-hydrogen) atoms. The Bertz CT molecular complexity index is 389. The average Bonchev–Trinajstić information content (AvgIpc) is 2.72. The smallest absolute Gasteiger partial charge is 0.205 e. The SMILES string of the molecule is CN1C2=NCCN2c2ccccc21.Cl. The topological polar surface area (TPSA) is 18.8 Å². The second-order valence-corrected chi connectivity index (χ2v) is 3.38. The molecule has 0 saturated carbocycles. The van der Waals surface area contributed by atoms with Gasteiger partial charge in [0.25, 0.3) is 0 Å². The molecule has 0 N–H and O–H groups in total. The second kappa shape index (κ2) is 3.17. The zero-order valence-electron chi connectivity index (χ0n) is 7.97. The largest absolute Gasteiger partial charge is 0.313 e. The molecule has 0 spiro atoms. The lowest BCUT2D eigenvalue weighted by molar-refractivity contribution is 1.03. The first-order valence-corrected chi connectivity index (χ1v) is 4.53. The highest BCUT2D eigenvalue weighted by molar-refractivity contribution is 6.16. The van der Waals surface area contributed by atoms with Gasteiger partial charge in [0.05, 0.1) is 17.9 Å². The van der Waals surface area contributed by atoms with Gasteiger partial charge in [0.15, 0.2) is 0 Å². The van der Waals surface area contributed by atoms with E-state index in [-0.39, 0.29) is 12.4 Å². The van der Waals surface area contributed by atoms with Crippen LogP contribution in [0.1, 0.15) is 0 Å². The van der Waals surface area contributed by atoms with Crippen LogP contribution in [-0.4, -0.2) is 26.1 Å². The third kappa shape index (κ3) is 1.02. The quantitative estimate of drug-likeness (QED) is 0.648. The number of fused-ring (bicyclic) bond motifs is 3. The second-order valence-electron chi connectivity index (χ2n) is 3.38. The zero-order chi connectivity index (χ0) is 8.84. The number of rotatable bonds is 0. The first kappa shape index (κ1) is 9.34. The molecular weight excluding hydrogens is 198 g/mol. The van der Waals surface area contributed by atoms with E-state index in [4.69, 9.17) is 0 Å². The van der Waals surface area contributed by atoms with Crippen LogP contribution < -0.4 is 9.80 Å². The number of nitrogens with zero attached hydrogens (tertiary/aromatic N) is 3. The van der Waals surface area contributed by atoms with Crippen molar-refractivity contribution in [3.8, 4) is 0 Å². The number of benzene rings is 1. The van der Waals surface area contributed by atoms with Gasteiger partial charge in [0.2, 0.25) is 5.96 Å². The van der Waals surface area contributed by atoms with Gasteiger partial charge in [0.1, 0.15) is 0 Å². The Balaban J connectivity index is 0.000000750. The van der Waals surface area contributed by atoms with Gasteiger partial charge in [-0.3, -0.25) is 4.99 Å². The van der Waals surface area contributed by atoms with E-state index in [1.54, 1.807) is 0 Å². The number of aliphatic imine (C=N–C) groups is 1. The van der Waals surface area contributed by atoms with Crippen molar-refractivity contribution in [2.75, 3.05) is 29.9 Å². The van der Waals surface area contributed by atoms with Gasteiger partial charge in [-0.25, -0.2) is 0 Å². The van der Waals surface area contributed by atoms with Crippen LogP contribution in [0.15, 0.2) is 29.3 Å². The first-order chi connectivity index (χ1) is 6.38. The van der Waals surface area contributed by atoms with E-state index in [1.807, 2.05) is 0 Å². The third-order valence-electron chi connectivity index (χ3n) is 2.65. The first-order valence-electron chi connectivity index (χ1n) is 4.53. The summed E-state index contributed by atoms with van der Waals surface area (Å²) in [4.78, 5) is 8.89. The van der Waals surface area contributed by atoms with E-state index in [0.29, 0.717) is 0 Å². The van der Waals surface area contributed by atoms with Crippen molar-refractivity contribution >= 4 is 29.7 Å². The van der Waals surface area contributed by atoms with Gasteiger partial charge < -0.3 is 9.80 Å². The summed E-state index contributed by atoms with van der Waals surface area (Å²) in [5.74, 6) is 1.10. The van der Waals surface area contributed by atoms with Gasteiger partial charge in [-0.15, -0.1) is 12.4 Å². The Kier molecular flexibility index (Phi) is 2.11. The molecule has 2 aliphatic rings. The molecular formula is C10H12ClN3. The lowest BCUT2D eigenvalue weighted by Gasteiger charge is -2.12. The summed E-state index contributed by atoms with van der Waals surface area (Å²) >= 11 is 0. The van der Waals surface area contributed by atoms with E-state index in [1.165, 1.54) is 11.4 Å². The summed E-state index contributed by atoms with van der Waals surface area (Å²) in [5.41, 5.74) is 2.56. The number of anilines is 2. The monoisotopic (exact) mass is 209 g/mol. The molecule has 1 aromatic rings. The van der Waals surface area contributed by atoms with Crippen molar-refractivity contribution in [2.24, 2.45) is 4.99 Å². The Hall–Kier alpha value is -1.22. The minimum Gasteiger partial charge on any atom is -0.313 e. The number of hydrogen-bond acceptors (Lipinski definition) is 3. The molecule has 3 nitrogen and oxygen atoms in total. The van der Waals surface area contributed by atoms with Crippen molar-refractivity contribution < 1.29 is 0 Å².